The zero-order chi connectivity index (χ0) is 44.3. The molecule has 5 N–H and O–H groups in total. The van der Waals surface area contributed by atoms with Crippen LogP contribution in [0.15, 0.2) is 72.3 Å². The number of hydroxylamine groups is 1. The minimum atomic E-state index is -0.759. The van der Waals surface area contributed by atoms with E-state index in [0.29, 0.717) is 46.8 Å². The number of carbonyl (C=O) groups excluding carboxylic acids is 1. The number of nitro groups is 1. The van der Waals surface area contributed by atoms with E-state index in [-0.39, 0.29) is 36.0 Å². The number of ketones is 1. The van der Waals surface area contributed by atoms with Crippen LogP contribution < -0.4 is 10.6 Å². The molecular formula is C49H78N8O4. The van der Waals surface area contributed by atoms with Crippen LogP contribution in [-0.4, -0.2) is 77.6 Å². The summed E-state index contributed by atoms with van der Waals surface area (Å²) in [5, 5.41) is 30.4. The molecule has 8 heterocycles. The molecule has 0 spiro atoms. The zero-order valence-corrected chi connectivity index (χ0v) is 38.4. The molecule has 3 aromatic rings. The Bertz CT molecular complexity index is 1970. The van der Waals surface area contributed by atoms with Crippen LogP contribution in [0.25, 0.3) is 0 Å². The maximum atomic E-state index is 11.9. The van der Waals surface area contributed by atoms with Gasteiger partial charge in [-0.05, 0) is 93.5 Å². The summed E-state index contributed by atoms with van der Waals surface area (Å²) in [6.45, 7) is 25.2. The highest BCUT2D eigenvalue weighted by atomic mass is 16.6. The summed E-state index contributed by atoms with van der Waals surface area (Å²) in [5.41, 5.74) is 6.08. The van der Waals surface area contributed by atoms with Crippen LogP contribution in [-0.2, 0) is 24.1 Å². The molecule has 0 aromatic carbocycles. The van der Waals surface area contributed by atoms with E-state index < -0.39 is 11.5 Å². The van der Waals surface area contributed by atoms with Gasteiger partial charge in [0, 0.05) is 107 Å². The van der Waals surface area contributed by atoms with E-state index in [4.69, 9.17) is 4.99 Å². The number of piperidine rings is 1. The highest BCUT2D eigenvalue weighted by Gasteiger charge is 2.56. The molecule has 0 saturated carbocycles. The third-order valence-electron chi connectivity index (χ3n) is 13.9. The molecule has 0 radical (unpaired) electrons. The zero-order valence-electron chi connectivity index (χ0n) is 38.4. The first-order chi connectivity index (χ1) is 27.9. The number of H-pyrrole nitrogens is 3. The largest absolute Gasteiger partial charge is 0.624 e. The number of nitrogens with one attached hydrogen (secondary N) is 5. The topological polar surface area (TPSA) is 170 Å². The van der Waals surface area contributed by atoms with Crippen molar-refractivity contribution >= 4 is 17.2 Å². The molecular weight excluding hydrogens is 765 g/mol. The average Bonchev–Trinajstić information content (AvgIpc) is 3.99. The van der Waals surface area contributed by atoms with Gasteiger partial charge in [-0.3, -0.25) is 15.1 Å². The summed E-state index contributed by atoms with van der Waals surface area (Å²) in [4.78, 5) is 36.1. The van der Waals surface area contributed by atoms with Crippen molar-refractivity contribution < 1.29 is 14.5 Å². The summed E-state index contributed by atoms with van der Waals surface area (Å²) < 4.78 is 1.20. The van der Waals surface area contributed by atoms with E-state index in [2.05, 4.69) is 99.3 Å². The lowest BCUT2D eigenvalue weighted by Crippen LogP contribution is -2.57. The summed E-state index contributed by atoms with van der Waals surface area (Å²) >= 11 is 0. The molecule has 61 heavy (non-hydrogen) atoms. The molecule has 12 heteroatoms. The predicted octanol–water partition coefficient (Wildman–Crippen LogP) is 9.63. The van der Waals surface area contributed by atoms with Gasteiger partial charge in [0.2, 0.25) is 6.04 Å². The number of hydrogen-bond donors (Lipinski definition) is 5. The summed E-state index contributed by atoms with van der Waals surface area (Å²) in [6, 6.07) is 13.0. The van der Waals surface area contributed by atoms with Gasteiger partial charge in [0.1, 0.15) is 5.78 Å². The molecule has 12 nitrogen and oxygen atoms in total. The number of rotatable bonds is 10. The van der Waals surface area contributed by atoms with E-state index in [1.165, 1.54) is 35.9 Å². The van der Waals surface area contributed by atoms with Crippen molar-refractivity contribution in [2.24, 2.45) is 32.6 Å². The Morgan fingerprint density at radius 2 is 1.48 bits per heavy atom. The Hall–Kier alpha value is -4.45. The summed E-state index contributed by atoms with van der Waals surface area (Å²) in [6.07, 6.45) is 17.1. The third kappa shape index (κ3) is 12.1. The molecule has 2 fully saturated rings. The van der Waals surface area contributed by atoms with Gasteiger partial charge in [-0.25, -0.2) is 4.74 Å². The summed E-state index contributed by atoms with van der Waals surface area (Å²) in [7, 11) is 0. The Balaban J connectivity index is 0.000000178. The number of Topliss-reactive ketones (excluding diaryl/α,β-unsaturated/α-hetero) is 1. The molecule has 5 aliphatic heterocycles. The van der Waals surface area contributed by atoms with Crippen LogP contribution >= 0.6 is 0 Å². The van der Waals surface area contributed by atoms with Gasteiger partial charge in [0.25, 0.3) is 0 Å². The second kappa shape index (κ2) is 19.3. The van der Waals surface area contributed by atoms with Gasteiger partial charge in [0.15, 0.2) is 11.8 Å². The van der Waals surface area contributed by atoms with E-state index in [1.54, 1.807) is 20.0 Å². The minimum absolute atomic E-state index is 0. The molecule has 2 bridgehead atoms. The van der Waals surface area contributed by atoms with E-state index in [9.17, 15) is 20.1 Å². The third-order valence-corrected chi connectivity index (χ3v) is 13.9. The van der Waals surface area contributed by atoms with E-state index >= 15 is 0 Å². The highest BCUT2D eigenvalue weighted by molar-refractivity contribution is 5.84. The van der Waals surface area contributed by atoms with Crippen LogP contribution in [0.5, 0.6) is 0 Å². The number of hydrogen-bond acceptors (Lipinski definition) is 7. The van der Waals surface area contributed by atoms with Gasteiger partial charge in [0.05, 0.1) is 18.9 Å². The normalized spacial score (nSPS) is 27.7. The Morgan fingerprint density at radius 1 is 0.902 bits per heavy atom. The smallest absolute Gasteiger partial charge is 0.223 e. The van der Waals surface area contributed by atoms with Crippen LogP contribution in [0.3, 0.4) is 0 Å². The Morgan fingerprint density at radius 3 is 1.95 bits per heavy atom. The number of fused-ring (bicyclic) bond motifs is 4. The van der Waals surface area contributed by atoms with Gasteiger partial charge in [-0.1, -0.05) is 68.9 Å². The first-order valence-electron chi connectivity index (χ1n) is 21.9. The lowest BCUT2D eigenvalue weighted by molar-refractivity contribution is -0.540. The van der Waals surface area contributed by atoms with Gasteiger partial charge >= 0.3 is 0 Å². The number of aliphatic imine (C=N–C) groups is 1. The highest BCUT2D eigenvalue weighted by Crippen LogP contribution is 2.50. The number of aromatic amines is 3. The van der Waals surface area contributed by atoms with Crippen molar-refractivity contribution in [2.45, 2.75) is 178 Å². The Labute approximate surface area is 366 Å². The first kappa shape index (κ1) is 49.2. The molecule has 2 saturated heterocycles. The fourth-order valence-corrected chi connectivity index (χ4v) is 10.8. The lowest BCUT2D eigenvalue weighted by atomic mass is 9.78. The molecule has 5 aliphatic rings. The van der Waals surface area contributed by atoms with Crippen molar-refractivity contribution in [2.75, 3.05) is 0 Å². The fraction of sp³-hybridized carbons (Fsp3) is 0.653. The molecule has 0 amide bonds. The molecule has 8 rings (SSSR count). The van der Waals surface area contributed by atoms with Crippen molar-refractivity contribution in [3.05, 3.63) is 99.7 Å². The molecule has 7 atom stereocenters. The minimum Gasteiger partial charge on any atom is -0.624 e. The molecule has 0 aliphatic carbocycles. The van der Waals surface area contributed by atoms with Crippen LogP contribution in [0, 0.1) is 42.9 Å². The molecule has 338 valence electrons. The first-order valence-corrected chi connectivity index (χ1v) is 21.9. The molecule has 7 unspecified atom stereocenters. The quantitative estimate of drug-likeness (QED) is 0.0589. The van der Waals surface area contributed by atoms with Crippen LogP contribution in [0.2, 0.25) is 0 Å². The lowest BCUT2D eigenvalue weighted by Gasteiger charge is -2.41. The van der Waals surface area contributed by atoms with Crippen LogP contribution in [0.1, 0.15) is 140 Å². The second-order valence-electron chi connectivity index (χ2n) is 21.3. The number of nitrogens with zero attached hydrogens (tertiary/aromatic N) is 3. The van der Waals surface area contributed by atoms with Crippen molar-refractivity contribution in [3.63, 3.8) is 0 Å². The second-order valence-corrected chi connectivity index (χ2v) is 21.3. The Kier molecular flexibility index (Phi) is 15.6. The van der Waals surface area contributed by atoms with Gasteiger partial charge in [-0.15, -0.1) is 0 Å². The van der Waals surface area contributed by atoms with E-state index in [0.717, 1.165) is 42.8 Å². The number of carbonyl (C=O) groups is 1. The van der Waals surface area contributed by atoms with Crippen molar-refractivity contribution in [3.8, 4) is 0 Å². The number of aromatic nitrogens is 3. The van der Waals surface area contributed by atoms with Gasteiger partial charge in [-0.2, -0.15) is 0 Å². The van der Waals surface area contributed by atoms with Gasteiger partial charge < -0.3 is 35.6 Å². The van der Waals surface area contributed by atoms with Crippen molar-refractivity contribution in [1.82, 2.24) is 25.6 Å². The fourth-order valence-electron chi connectivity index (χ4n) is 10.8. The summed E-state index contributed by atoms with van der Waals surface area (Å²) in [5.74, 6) is 0.675. The van der Waals surface area contributed by atoms with Crippen molar-refractivity contribution in [1.29, 1.82) is 0 Å². The predicted molar refractivity (Wildman–Crippen MR) is 250 cm³/mol. The maximum Gasteiger partial charge on any atom is 0.223 e. The van der Waals surface area contributed by atoms with E-state index in [1.807, 2.05) is 49.6 Å². The molecule has 3 aromatic heterocycles. The standard InChI is InChI=1S/C12H18N2O3.C12H18N2O.C12H20N2.C12H18N2.CH4/c1-9(15)8-12(2,3)11(14(16)17)7-10-5-4-6-13-10;1-9-8-12(2,3)11(14(9)15)7-10-5-4-6-13-10;1-11(2)7-12(3)8-4-5-13-9(8)6-10(11)14-12;1-9-8-12(2,3)11(14-9)7-10-5-4-6-13-10;/h4-6,11,13H,7-8H2,1-3H3;4-6,11,13H,7-8H2,1-3H3;4-5,8-10,13-14H,6-7H2,1-3H3;4-6,11,13H,7-8H2,1-3H3;1H4. The monoisotopic (exact) mass is 843 g/mol. The average molecular weight is 843 g/mol. The maximum absolute atomic E-state index is 11.9. The SMILES string of the molecule is C.CC(=O)CC(C)(C)C(Cc1ccc[nH]1)[N+](=O)[O-].CC1(C)CC2(C)NC1CC1NC=CC12.CC1=NC(Cc2ccc[nH]2)C(C)(C)C1.CC1=[N+]([O-])C(Cc2ccc[nH]2)C(C)(C)C1. The van der Waals surface area contributed by atoms with Crippen LogP contribution in [0.4, 0.5) is 0 Å².